The third-order valence-electron chi connectivity index (χ3n) is 5.64. The molecule has 9 heteroatoms. The van der Waals surface area contributed by atoms with Crippen LogP contribution in [0.3, 0.4) is 0 Å². The fourth-order valence-electron chi connectivity index (χ4n) is 3.90. The smallest absolute Gasteiger partial charge is 0.232 e. The monoisotopic (exact) mass is 479 g/mol. The van der Waals surface area contributed by atoms with Crippen molar-refractivity contribution in [1.82, 2.24) is 4.90 Å². The number of hydrogen-bond acceptors (Lipinski definition) is 5. The molecule has 0 N–H and O–H groups in total. The first-order chi connectivity index (χ1) is 15.2. The van der Waals surface area contributed by atoms with E-state index in [0.717, 1.165) is 24.3 Å². The summed E-state index contributed by atoms with van der Waals surface area (Å²) in [6.07, 6.45) is 1.91. The van der Waals surface area contributed by atoms with Gasteiger partial charge in [-0.3, -0.25) is 9.10 Å². The number of aryl methyl sites for hydroxylation is 1. The van der Waals surface area contributed by atoms with Gasteiger partial charge in [0.15, 0.2) is 0 Å². The second-order valence-electron chi connectivity index (χ2n) is 7.94. The maximum Gasteiger partial charge on any atom is 0.232 e. The van der Waals surface area contributed by atoms with Gasteiger partial charge in [-0.25, -0.2) is 8.42 Å². The zero-order chi connectivity index (χ0) is 23.3. The van der Waals surface area contributed by atoms with Gasteiger partial charge in [0.05, 0.1) is 19.1 Å². The molecule has 3 rings (SSSR count). The molecule has 2 aromatic carbocycles. The molecule has 1 fully saturated rings. The van der Waals surface area contributed by atoms with Gasteiger partial charge >= 0.3 is 0 Å². The van der Waals surface area contributed by atoms with E-state index in [0.29, 0.717) is 42.4 Å². The van der Waals surface area contributed by atoms with Crippen molar-refractivity contribution in [2.45, 2.75) is 19.8 Å². The van der Waals surface area contributed by atoms with E-state index in [-0.39, 0.29) is 12.5 Å². The van der Waals surface area contributed by atoms with E-state index in [1.54, 1.807) is 24.3 Å². The van der Waals surface area contributed by atoms with Crippen molar-refractivity contribution in [3.8, 4) is 5.75 Å². The number of sulfonamides is 1. The minimum atomic E-state index is -3.48. The highest BCUT2D eigenvalue weighted by Gasteiger charge is 2.23. The Balaban J connectivity index is 1.54. The van der Waals surface area contributed by atoms with Gasteiger partial charge in [0.2, 0.25) is 15.9 Å². The summed E-state index contributed by atoms with van der Waals surface area (Å²) in [6.45, 7) is 5.05. The fraction of sp³-hybridized carbons (Fsp3) is 0.435. The minimum Gasteiger partial charge on any atom is -0.497 e. The molecule has 0 bridgehead atoms. The van der Waals surface area contributed by atoms with Crippen LogP contribution in [0.25, 0.3) is 0 Å². The number of amides is 1. The number of rotatable bonds is 8. The molecule has 174 valence electrons. The van der Waals surface area contributed by atoms with Gasteiger partial charge in [0, 0.05) is 55.9 Å². The Morgan fingerprint density at radius 1 is 1.12 bits per heavy atom. The van der Waals surface area contributed by atoms with Crippen LogP contribution >= 0.6 is 11.6 Å². The van der Waals surface area contributed by atoms with Gasteiger partial charge in [0.1, 0.15) is 5.75 Å². The van der Waals surface area contributed by atoms with E-state index in [2.05, 4.69) is 11.8 Å². The van der Waals surface area contributed by atoms with Crippen LogP contribution in [0.5, 0.6) is 5.75 Å². The number of ether oxygens (including phenoxy) is 1. The highest BCUT2D eigenvalue weighted by molar-refractivity contribution is 7.92. The van der Waals surface area contributed by atoms with E-state index in [4.69, 9.17) is 16.3 Å². The highest BCUT2D eigenvalue weighted by Crippen LogP contribution is 2.26. The van der Waals surface area contributed by atoms with Crippen molar-refractivity contribution in [3.63, 3.8) is 0 Å². The van der Waals surface area contributed by atoms with Crippen molar-refractivity contribution in [2.24, 2.45) is 0 Å². The Hall–Kier alpha value is -2.45. The normalized spacial score (nSPS) is 14.4. The van der Waals surface area contributed by atoms with Gasteiger partial charge in [-0.2, -0.15) is 0 Å². The second kappa shape index (κ2) is 10.4. The van der Waals surface area contributed by atoms with Crippen LogP contribution in [-0.4, -0.2) is 65.3 Å². The summed E-state index contributed by atoms with van der Waals surface area (Å²) in [5.74, 6) is 0.631. The summed E-state index contributed by atoms with van der Waals surface area (Å²) in [5.41, 5.74) is 2.80. The first kappa shape index (κ1) is 24.2. The van der Waals surface area contributed by atoms with Crippen LogP contribution in [0.4, 0.5) is 11.4 Å². The van der Waals surface area contributed by atoms with Crippen LogP contribution in [0.2, 0.25) is 5.02 Å². The lowest BCUT2D eigenvalue weighted by molar-refractivity contribution is -0.131. The average Bonchev–Trinajstić information content (AvgIpc) is 2.77. The Morgan fingerprint density at radius 3 is 2.50 bits per heavy atom. The van der Waals surface area contributed by atoms with Crippen LogP contribution in [-0.2, 0) is 14.8 Å². The molecule has 0 aliphatic carbocycles. The summed E-state index contributed by atoms with van der Waals surface area (Å²) in [6, 6.07) is 12.8. The number of halogens is 1. The third kappa shape index (κ3) is 6.07. The molecule has 2 aromatic rings. The Morgan fingerprint density at radius 2 is 1.84 bits per heavy atom. The Labute approximate surface area is 195 Å². The number of nitrogens with zero attached hydrogens (tertiary/aromatic N) is 3. The number of hydrogen-bond donors (Lipinski definition) is 0. The summed E-state index contributed by atoms with van der Waals surface area (Å²) in [4.78, 5) is 16.8. The molecule has 1 aliphatic rings. The highest BCUT2D eigenvalue weighted by atomic mass is 35.5. The standard InChI is InChI=1S/C23H30ClN3O4S/c1-18-9-10-19(24)16-22(18)25-12-14-26(15-13-25)23(28)8-5-11-27(32(3,29)30)20-6-4-7-21(17-20)31-2/h4,6-7,9-10,16-17H,5,8,11-15H2,1-3H3. The molecule has 7 nitrogen and oxygen atoms in total. The lowest BCUT2D eigenvalue weighted by Crippen LogP contribution is -2.49. The summed E-state index contributed by atoms with van der Waals surface area (Å²) < 4.78 is 31.1. The first-order valence-corrected chi connectivity index (χ1v) is 12.8. The number of piperazine rings is 1. The van der Waals surface area contributed by atoms with Crippen molar-refractivity contribution < 1.29 is 17.9 Å². The summed E-state index contributed by atoms with van der Waals surface area (Å²) in [5, 5.41) is 0.704. The Bertz CT molecular complexity index is 1050. The lowest BCUT2D eigenvalue weighted by atomic mass is 10.1. The zero-order valence-electron chi connectivity index (χ0n) is 18.8. The molecular weight excluding hydrogens is 450 g/mol. The van der Waals surface area contributed by atoms with Gasteiger partial charge in [-0.05, 0) is 43.2 Å². The quantitative estimate of drug-likeness (QED) is 0.579. The van der Waals surface area contributed by atoms with Crippen molar-refractivity contribution >= 4 is 38.9 Å². The topological polar surface area (TPSA) is 70.2 Å². The molecule has 0 saturated carbocycles. The van der Waals surface area contributed by atoms with Crippen LogP contribution < -0.4 is 13.9 Å². The fourth-order valence-corrected chi connectivity index (χ4v) is 5.03. The predicted octanol–water partition coefficient (Wildman–Crippen LogP) is 3.55. The largest absolute Gasteiger partial charge is 0.497 e. The second-order valence-corrected chi connectivity index (χ2v) is 10.3. The van der Waals surface area contributed by atoms with Gasteiger partial charge in [-0.15, -0.1) is 0 Å². The number of anilines is 2. The third-order valence-corrected chi connectivity index (χ3v) is 7.07. The summed E-state index contributed by atoms with van der Waals surface area (Å²) in [7, 11) is -1.94. The first-order valence-electron chi connectivity index (χ1n) is 10.6. The molecule has 32 heavy (non-hydrogen) atoms. The molecule has 1 saturated heterocycles. The predicted molar refractivity (Wildman–Crippen MR) is 129 cm³/mol. The van der Waals surface area contributed by atoms with Crippen molar-refractivity contribution in [1.29, 1.82) is 0 Å². The minimum absolute atomic E-state index is 0.0477. The van der Waals surface area contributed by atoms with Crippen molar-refractivity contribution in [2.75, 3.05) is 55.3 Å². The molecule has 0 aromatic heterocycles. The van der Waals surface area contributed by atoms with Gasteiger partial charge in [0.25, 0.3) is 0 Å². The molecular formula is C23H30ClN3O4S. The molecule has 0 unspecified atom stereocenters. The molecule has 0 atom stereocenters. The number of carbonyl (C=O) groups excluding carboxylic acids is 1. The molecule has 1 amide bonds. The van der Waals surface area contributed by atoms with Crippen molar-refractivity contribution in [3.05, 3.63) is 53.1 Å². The number of benzene rings is 2. The van der Waals surface area contributed by atoms with E-state index in [1.165, 1.54) is 17.7 Å². The Kier molecular flexibility index (Phi) is 7.90. The van der Waals surface area contributed by atoms with Crippen LogP contribution in [0.1, 0.15) is 18.4 Å². The van der Waals surface area contributed by atoms with Gasteiger partial charge < -0.3 is 14.5 Å². The van der Waals surface area contributed by atoms with E-state index in [1.807, 2.05) is 23.1 Å². The molecule has 0 radical (unpaired) electrons. The van der Waals surface area contributed by atoms with Gasteiger partial charge in [-0.1, -0.05) is 23.7 Å². The average molecular weight is 480 g/mol. The maximum absolute atomic E-state index is 12.7. The van der Waals surface area contributed by atoms with Crippen LogP contribution in [0.15, 0.2) is 42.5 Å². The zero-order valence-corrected chi connectivity index (χ0v) is 20.3. The number of carbonyl (C=O) groups is 1. The molecule has 0 spiro atoms. The molecule has 1 aliphatic heterocycles. The van der Waals surface area contributed by atoms with E-state index in [9.17, 15) is 13.2 Å². The summed E-state index contributed by atoms with van der Waals surface area (Å²) >= 11 is 6.15. The van der Waals surface area contributed by atoms with E-state index < -0.39 is 10.0 Å². The maximum atomic E-state index is 12.7. The SMILES string of the molecule is COc1cccc(N(CCCC(=O)N2CCN(c3cc(Cl)ccc3C)CC2)S(C)(=O)=O)c1. The van der Waals surface area contributed by atoms with Crippen LogP contribution in [0, 0.1) is 6.92 Å². The lowest BCUT2D eigenvalue weighted by Gasteiger charge is -2.37. The van der Waals surface area contributed by atoms with E-state index >= 15 is 0 Å². The number of methoxy groups -OCH3 is 1. The molecule has 1 heterocycles.